The van der Waals surface area contributed by atoms with Gasteiger partial charge in [0.15, 0.2) is 5.71 Å². The number of aromatic nitrogens is 1. The number of carbonyl (C=O) groups excluding carboxylic acids is 2. The molecule has 8 nitrogen and oxygen atoms in total. The monoisotopic (exact) mass is 655 g/mol. The van der Waals surface area contributed by atoms with Crippen LogP contribution in [0.5, 0.6) is 5.75 Å². The first-order valence-electron chi connectivity index (χ1n) is 14.0. The van der Waals surface area contributed by atoms with Crippen molar-refractivity contribution < 1.29 is 23.9 Å². The van der Waals surface area contributed by atoms with Crippen LogP contribution in [0.25, 0.3) is 11.1 Å². The Labute approximate surface area is 277 Å². The number of halogens is 2. The van der Waals surface area contributed by atoms with Crippen molar-refractivity contribution in [1.29, 1.82) is 0 Å². The van der Waals surface area contributed by atoms with Crippen LogP contribution in [0.3, 0.4) is 0 Å². The number of methoxy groups -OCH3 is 1. The van der Waals surface area contributed by atoms with Crippen LogP contribution < -0.4 is 10.1 Å². The summed E-state index contributed by atoms with van der Waals surface area (Å²) in [7, 11) is 2.69. The van der Waals surface area contributed by atoms with Gasteiger partial charge in [-0.2, -0.15) is 0 Å². The molecule has 10 heteroatoms. The number of oxime groups is 1. The molecule has 1 amide bonds. The number of ether oxygens (including phenoxy) is 2. The molecule has 0 aliphatic carbocycles. The average Bonchev–Trinajstić information content (AvgIpc) is 3.08. The van der Waals surface area contributed by atoms with E-state index in [9.17, 15) is 9.59 Å². The molecule has 1 N–H and O–H groups in total. The highest BCUT2D eigenvalue weighted by atomic mass is 35.5. The molecule has 5 aromatic rings. The predicted molar refractivity (Wildman–Crippen MR) is 182 cm³/mol. The van der Waals surface area contributed by atoms with Crippen molar-refractivity contribution in [3.05, 3.63) is 148 Å². The topological polar surface area (TPSA) is 99.1 Å². The number of nitrogens with zero attached hydrogens (tertiary/aromatic N) is 2. The van der Waals surface area contributed by atoms with E-state index in [0.717, 1.165) is 28.0 Å². The Hall–Kier alpha value is -5.18. The van der Waals surface area contributed by atoms with Gasteiger partial charge in [0.2, 0.25) is 0 Å². The van der Waals surface area contributed by atoms with E-state index >= 15 is 0 Å². The Morgan fingerprint density at radius 3 is 2.20 bits per heavy atom. The van der Waals surface area contributed by atoms with Crippen molar-refractivity contribution in [2.45, 2.75) is 13.5 Å². The molecule has 0 aliphatic rings. The van der Waals surface area contributed by atoms with E-state index in [1.54, 1.807) is 24.4 Å². The van der Waals surface area contributed by atoms with E-state index < -0.39 is 5.97 Å². The van der Waals surface area contributed by atoms with Gasteiger partial charge in [0.1, 0.15) is 24.6 Å². The van der Waals surface area contributed by atoms with Crippen LogP contribution in [-0.4, -0.2) is 36.8 Å². The summed E-state index contributed by atoms with van der Waals surface area (Å²) in [5, 5.41) is 7.51. The number of pyridine rings is 1. The Bertz CT molecular complexity index is 1830. The Balaban J connectivity index is 0.000000209. The number of benzene rings is 4. The number of anilines is 1. The molecule has 0 unspecified atom stereocenters. The highest BCUT2D eigenvalue weighted by Gasteiger charge is 2.19. The van der Waals surface area contributed by atoms with E-state index in [2.05, 4.69) is 15.5 Å². The fourth-order valence-electron chi connectivity index (χ4n) is 4.35. The first kappa shape index (κ1) is 33.7. The highest BCUT2D eigenvalue weighted by molar-refractivity contribution is 6.43. The minimum atomic E-state index is -0.560. The lowest BCUT2D eigenvalue weighted by atomic mass is 10.0. The predicted octanol–water partition coefficient (Wildman–Crippen LogP) is 8.41. The van der Waals surface area contributed by atoms with Crippen molar-refractivity contribution in [3.8, 4) is 16.9 Å². The summed E-state index contributed by atoms with van der Waals surface area (Å²) in [6.45, 7) is 2.29. The molecule has 234 valence electrons. The molecule has 0 spiro atoms. The Morgan fingerprint density at radius 2 is 1.48 bits per heavy atom. The number of hydrogen-bond donors (Lipinski definition) is 1. The van der Waals surface area contributed by atoms with E-state index in [-0.39, 0.29) is 16.8 Å². The molecule has 0 radical (unpaired) electrons. The first-order chi connectivity index (χ1) is 22.3. The van der Waals surface area contributed by atoms with Crippen LogP contribution in [0.15, 0.2) is 121 Å². The lowest BCUT2D eigenvalue weighted by Crippen LogP contribution is -2.19. The summed E-state index contributed by atoms with van der Waals surface area (Å²) in [6.07, 6.45) is 1.54. The smallest absolute Gasteiger partial charge is 0.360 e. The Kier molecular flexibility index (Phi) is 12.3. The molecule has 1 heterocycles. The van der Waals surface area contributed by atoms with Crippen molar-refractivity contribution in [1.82, 2.24) is 4.98 Å². The van der Waals surface area contributed by atoms with E-state index in [4.69, 9.17) is 37.5 Å². The van der Waals surface area contributed by atoms with Crippen LogP contribution in [0.4, 0.5) is 5.69 Å². The molecule has 1 aromatic heterocycles. The van der Waals surface area contributed by atoms with Gasteiger partial charge in [0.05, 0.1) is 12.7 Å². The van der Waals surface area contributed by atoms with Gasteiger partial charge >= 0.3 is 5.97 Å². The number of esters is 1. The number of carbonyl (C=O) groups is 2. The standard InChI is InChI=1S/C18H12Cl2N2O.C18H19NO4/c19-13-9-7-12(8-10-13)14-4-1-2-6-16(14)22-18(23)15-5-3-11-21-17(15)20;1-13-8-4-7-11-16(13)23-12-14-9-5-6-10-15(14)17(19-22-3)18(20)21-2/h1-11H,(H,22,23);4-11H,12H2,1-3H3/b;19-17+. The second kappa shape index (κ2) is 16.8. The molecule has 0 aliphatic heterocycles. The number of nitrogens with one attached hydrogen (secondary N) is 1. The van der Waals surface area contributed by atoms with Crippen LogP contribution in [0, 0.1) is 6.92 Å². The minimum absolute atomic E-state index is 0.110. The molecule has 0 atom stereocenters. The minimum Gasteiger partial charge on any atom is -0.489 e. The molecule has 5 rings (SSSR count). The lowest BCUT2D eigenvalue weighted by Gasteiger charge is -2.12. The summed E-state index contributed by atoms with van der Waals surface area (Å²) in [5.74, 6) is -0.0645. The third-order valence-electron chi connectivity index (χ3n) is 6.64. The third-order valence-corrected chi connectivity index (χ3v) is 7.20. The van der Waals surface area contributed by atoms with Crippen LogP contribution >= 0.6 is 23.2 Å². The maximum Gasteiger partial charge on any atom is 0.360 e. The average molecular weight is 657 g/mol. The highest BCUT2D eigenvalue weighted by Crippen LogP contribution is 2.29. The van der Waals surface area contributed by atoms with Crippen LogP contribution in [0.2, 0.25) is 10.2 Å². The van der Waals surface area contributed by atoms with Crippen molar-refractivity contribution >= 4 is 46.5 Å². The van der Waals surface area contributed by atoms with Gasteiger partial charge in [-0.3, -0.25) is 4.79 Å². The van der Waals surface area contributed by atoms with Crippen LogP contribution in [-0.2, 0) is 21.0 Å². The zero-order valence-corrected chi connectivity index (χ0v) is 26.9. The number of para-hydroxylation sites is 2. The second-order valence-electron chi connectivity index (χ2n) is 9.67. The maximum absolute atomic E-state index is 12.4. The molecule has 0 saturated heterocycles. The quantitative estimate of drug-likeness (QED) is 0.0741. The van der Waals surface area contributed by atoms with E-state index in [0.29, 0.717) is 28.4 Å². The summed E-state index contributed by atoms with van der Waals surface area (Å²) in [4.78, 5) is 33.0. The summed E-state index contributed by atoms with van der Waals surface area (Å²) < 4.78 is 10.6. The van der Waals surface area contributed by atoms with Crippen molar-refractivity contribution in [3.63, 3.8) is 0 Å². The van der Waals surface area contributed by atoms with Crippen LogP contribution in [0.1, 0.15) is 27.0 Å². The fourth-order valence-corrected chi connectivity index (χ4v) is 4.68. The molecular weight excluding hydrogens is 625 g/mol. The number of amides is 1. The Morgan fingerprint density at radius 1 is 0.804 bits per heavy atom. The molecule has 0 fully saturated rings. The number of hydrogen-bond acceptors (Lipinski definition) is 7. The molecular formula is C36H31Cl2N3O5. The largest absolute Gasteiger partial charge is 0.489 e. The molecule has 46 heavy (non-hydrogen) atoms. The number of rotatable bonds is 9. The lowest BCUT2D eigenvalue weighted by molar-refractivity contribution is -0.132. The fraction of sp³-hybridized carbons (Fsp3) is 0.111. The SMILES string of the molecule is CO/N=C(/C(=O)OC)c1ccccc1COc1ccccc1C.O=C(Nc1ccccc1-c1ccc(Cl)cc1)c1cccnc1Cl. The van der Waals surface area contributed by atoms with Gasteiger partial charge in [0.25, 0.3) is 5.91 Å². The first-order valence-corrected chi connectivity index (χ1v) is 14.8. The van der Waals surface area contributed by atoms with Gasteiger partial charge in [-0.25, -0.2) is 9.78 Å². The zero-order chi connectivity index (χ0) is 32.9. The van der Waals surface area contributed by atoms with Gasteiger partial charge in [-0.05, 0) is 60.0 Å². The van der Waals surface area contributed by atoms with Gasteiger partial charge < -0.3 is 19.6 Å². The molecule has 4 aromatic carbocycles. The van der Waals surface area contributed by atoms with E-state index in [1.807, 2.05) is 97.9 Å². The molecule has 0 bridgehead atoms. The normalized spacial score (nSPS) is 10.7. The zero-order valence-electron chi connectivity index (χ0n) is 25.4. The summed E-state index contributed by atoms with van der Waals surface area (Å²) >= 11 is 11.9. The second-order valence-corrected chi connectivity index (χ2v) is 10.5. The number of aryl methyl sites for hydroxylation is 1. The van der Waals surface area contributed by atoms with Crippen molar-refractivity contribution in [2.24, 2.45) is 5.16 Å². The molecule has 0 saturated carbocycles. The summed E-state index contributed by atoms with van der Waals surface area (Å²) in [6, 6.07) is 33.4. The van der Waals surface area contributed by atoms with E-state index in [1.165, 1.54) is 14.2 Å². The van der Waals surface area contributed by atoms with Crippen molar-refractivity contribution in [2.75, 3.05) is 19.5 Å². The maximum atomic E-state index is 12.4. The third kappa shape index (κ3) is 8.94. The van der Waals surface area contributed by atoms with Gasteiger partial charge in [0, 0.05) is 28.0 Å². The summed E-state index contributed by atoms with van der Waals surface area (Å²) in [5.41, 5.74) is 5.48. The van der Waals surface area contributed by atoms with Gasteiger partial charge in [-0.15, -0.1) is 0 Å². The van der Waals surface area contributed by atoms with Gasteiger partial charge in [-0.1, -0.05) is 101 Å².